The predicted molar refractivity (Wildman–Crippen MR) is 95.8 cm³/mol. The second-order valence-electron chi connectivity index (χ2n) is 5.94. The van der Waals surface area contributed by atoms with Crippen LogP contribution in [0, 0.1) is 0 Å². The number of nitrogens with one attached hydrogen (secondary N) is 2. The number of aromatic nitrogens is 2. The molecular weight excluding hydrogens is 316 g/mol. The molecule has 0 unspecified atom stereocenters. The summed E-state index contributed by atoms with van der Waals surface area (Å²) in [6.45, 7) is 5.65. The summed E-state index contributed by atoms with van der Waals surface area (Å²) in [6.07, 6.45) is 0. The van der Waals surface area contributed by atoms with Crippen LogP contribution in [0.25, 0.3) is 16.7 Å². The van der Waals surface area contributed by atoms with E-state index in [2.05, 4.69) is 21.9 Å². The third kappa shape index (κ3) is 2.39. The number of H-pyrrole nitrogens is 1. The maximum absolute atomic E-state index is 12.6. The fourth-order valence-electron chi connectivity index (χ4n) is 3.06. The number of carbonyl (C=O) groups is 2. The molecule has 0 aliphatic carbocycles. The molecule has 1 aliphatic heterocycles. The minimum atomic E-state index is -0.708. The number of imidazole rings is 1. The van der Waals surface area contributed by atoms with E-state index in [0.717, 1.165) is 16.6 Å². The lowest BCUT2D eigenvalue weighted by Gasteiger charge is -2.24. The molecule has 1 aliphatic rings. The Bertz CT molecular complexity index is 953. The molecule has 2 amide bonds. The van der Waals surface area contributed by atoms with Crippen molar-refractivity contribution in [2.75, 3.05) is 5.32 Å². The van der Waals surface area contributed by atoms with Gasteiger partial charge in [-0.15, -0.1) is 0 Å². The number of rotatable bonds is 3. The SMILES string of the molecule is C=C1c2ccccc2C(=O)N1[C@H](C)C(=O)Nc1nc2ccccc2[nH]1. The molecule has 0 fully saturated rings. The van der Waals surface area contributed by atoms with Gasteiger partial charge in [0.05, 0.1) is 11.0 Å². The minimum absolute atomic E-state index is 0.215. The van der Waals surface area contributed by atoms with Gasteiger partial charge in [0.15, 0.2) is 0 Å². The fourth-order valence-corrected chi connectivity index (χ4v) is 3.06. The van der Waals surface area contributed by atoms with Crippen LogP contribution in [0.3, 0.4) is 0 Å². The third-order valence-electron chi connectivity index (χ3n) is 4.38. The van der Waals surface area contributed by atoms with Crippen molar-refractivity contribution < 1.29 is 9.59 Å². The topological polar surface area (TPSA) is 78.1 Å². The molecule has 6 nitrogen and oxygen atoms in total. The predicted octanol–water partition coefficient (Wildman–Crippen LogP) is 3.02. The number of hydrogen-bond acceptors (Lipinski definition) is 3. The molecule has 0 saturated heterocycles. The van der Waals surface area contributed by atoms with Gasteiger partial charge in [-0.25, -0.2) is 4.98 Å². The largest absolute Gasteiger partial charge is 0.324 e. The zero-order chi connectivity index (χ0) is 17.6. The number of hydrogen-bond donors (Lipinski definition) is 2. The summed E-state index contributed by atoms with van der Waals surface area (Å²) in [5.41, 5.74) is 3.46. The highest BCUT2D eigenvalue weighted by molar-refractivity contribution is 6.11. The lowest BCUT2D eigenvalue weighted by atomic mass is 10.1. The van der Waals surface area contributed by atoms with Crippen LogP contribution in [0.5, 0.6) is 0 Å². The van der Waals surface area contributed by atoms with Crippen molar-refractivity contribution >= 4 is 34.5 Å². The quantitative estimate of drug-likeness (QED) is 0.774. The first-order valence-corrected chi connectivity index (χ1v) is 7.94. The van der Waals surface area contributed by atoms with E-state index < -0.39 is 6.04 Å². The molecule has 0 saturated carbocycles. The standard InChI is InChI=1S/C19H16N4O2/c1-11-13-7-3-4-8-14(13)18(25)23(11)12(2)17(24)22-19-20-15-9-5-6-10-16(15)21-19/h3-10,12H,1H2,2H3,(H2,20,21,22,24)/t12-/m1/s1. The molecular formula is C19H16N4O2. The first kappa shape index (κ1) is 15.1. The third-order valence-corrected chi connectivity index (χ3v) is 4.38. The van der Waals surface area contributed by atoms with Gasteiger partial charge in [-0.3, -0.25) is 19.8 Å². The average Bonchev–Trinajstić information content (AvgIpc) is 3.13. The van der Waals surface area contributed by atoms with Crippen LogP contribution in [0.15, 0.2) is 55.1 Å². The van der Waals surface area contributed by atoms with E-state index in [-0.39, 0.29) is 11.8 Å². The van der Waals surface area contributed by atoms with Crippen LogP contribution in [0.2, 0.25) is 0 Å². The number of benzene rings is 2. The van der Waals surface area contributed by atoms with E-state index in [0.29, 0.717) is 17.2 Å². The van der Waals surface area contributed by atoms with Gasteiger partial charge in [0.25, 0.3) is 5.91 Å². The zero-order valence-electron chi connectivity index (χ0n) is 13.6. The molecule has 124 valence electrons. The van der Waals surface area contributed by atoms with Crippen molar-refractivity contribution in [3.8, 4) is 0 Å². The van der Waals surface area contributed by atoms with Gasteiger partial charge in [0.1, 0.15) is 6.04 Å². The van der Waals surface area contributed by atoms with Gasteiger partial charge in [-0.05, 0) is 25.1 Å². The number of amides is 2. The maximum atomic E-state index is 12.6. The summed E-state index contributed by atoms with van der Waals surface area (Å²) in [7, 11) is 0. The number of nitrogens with zero attached hydrogens (tertiary/aromatic N) is 2. The summed E-state index contributed by atoms with van der Waals surface area (Å²) in [5, 5.41) is 2.74. The average molecular weight is 332 g/mol. The molecule has 1 atom stereocenters. The summed E-state index contributed by atoms with van der Waals surface area (Å²) >= 11 is 0. The molecule has 2 aromatic carbocycles. The summed E-state index contributed by atoms with van der Waals surface area (Å²) in [5.74, 6) is -0.193. The Morgan fingerprint density at radius 1 is 1.16 bits per heavy atom. The molecule has 3 aromatic rings. The molecule has 2 heterocycles. The Hall–Kier alpha value is -3.41. The number of aromatic amines is 1. The van der Waals surface area contributed by atoms with Gasteiger partial charge in [0, 0.05) is 16.8 Å². The molecule has 2 N–H and O–H groups in total. The summed E-state index contributed by atoms with van der Waals surface area (Å²) in [6, 6.07) is 14.0. The summed E-state index contributed by atoms with van der Waals surface area (Å²) < 4.78 is 0. The molecule has 0 bridgehead atoms. The van der Waals surface area contributed by atoms with Crippen molar-refractivity contribution in [1.29, 1.82) is 0 Å². The van der Waals surface area contributed by atoms with Gasteiger partial charge in [0.2, 0.25) is 11.9 Å². The van der Waals surface area contributed by atoms with Crippen molar-refractivity contribution in [3.63, 3.8) is 0 Å². The van der Waals surface area contributed by atoms with Crippen LogP contribution in [-0.4, -0.2) is 32.7 Å². The Labute approximate surface area is 144 Å². The zero-order valence-corrected chi connectivity index (χ0v) is 13.6. The number of para-hydroxylation sites is 2. The Morgan fingerprint density at radius 3 is 2.56 bits per heavy atom. The lowest BCUT2D eigenvalue weighted by Crippen LogP contribution is -2.41. The van der Waals surface area contributed by atoms with E-state index >= 15 is 0 Å². The maximum Gasteiger partial charge on any atom is 0.259 e. The van der Waals surface area contributed by atoms with Crippen LogP contribution >= 0.6 is 0 Å². The van der Waals surface area contributed by atoms with E-state index in [1.54, 1.807) is 19.1 Å². The minimum Gasteiger partial charge on any atom is -0.324 e. The molecule has 0 spiro atoms. The molecule has 4 rings (SSSR count). The van der Waals surface area contributed by atoms with E-state index in [4.69, 9.17) is 0 Å². The van der Waals surface area contributed by atoms with Crippen LogP contribution in [0.4, 0.5) is 5.95 Å². The van der Waals surface area contributed by atoms with E-state index in [9.17, 15) is 9.59 Å². The van der Waals surface area contributed by atoms with Crippen molar-refractivity contribution in [3.05, 3.63) is 66.2 Å². The van der Waals surface area contributed by atoms with Crippen LogP contribution in [0.1, 0.15) is 22.8 Å². The molecule has 0 radical (unpaired) electrons. The van der Waals surface area contributed by atoms with E-state index in [1.807, 2.05) is 36.4 Å². The fraction of sp³-hybridized carbons (Fsp3) is 0.105. The van der Waals surface area contributed by atoms with Crippen molar-refractivity contribution in [2.45, 2.75) is 13.0 Å². The highest BCUT2D eigenvalue weighted by atomic mass is 16.2. The van der Waals surface area contributed by atoms with Crippen LogP contribution < -0.4 is 5.32 Å². The van der Waals surface area contributed by atoms with Crippen molar-refractivity contribution in [1.82, 2.24) is 14.9 Å². The number of carbonyl (C=O) groups excluding carboxylic acids is 2. The first-order chi connectivity index (χ1) is 12.1. The highest BCUT2D eigenvalue weighted by Crippen LogP contribution is 2.33. The molecule has 6 heteroatoms. The highest BCUT2D eigenvalue weighted by Gasteiger charge is 2.36. The Balaban J connectivity index is 1.56. The van der Waals surface area contributed by atoms with Crippen molar-refractivity contribution in [2.24, 2.45) is 0 Å². The smallest absolute Gasteiger partial charge is 0.259 e. The Morgan fingerprint density at radius 2 is 1.84 bits per heavy atom. The lowest BCUT2D eigenvalue weighted by molar-refractivity contribution is -0.119. The number of fused-ring (bicyclic) bond motifs is 2. The van der Waals surface area contributed by atoms with Gasteiger partial charge in [-0.1, -0.05) is 36.9 Å². The molecule has 25 heavy (non-hydrogen) atoms. The van der Waals surface area contributed by atoms with Crippen LogP contribution in [-0.2, 0) is 4.79 Å². The van der Waals surface area contributed by atoms with Gasteiger partial charge < -0.3 is 4.98 Å². The number of anilines is 1. The monoisotopic (exact) mass is 332 g/mol. The van der Waals surface area contributed by atoms with Gasteiger partial charge >= 0.3 is 0 Å². The second kappa shape index (κ2) is 5.59. The second-order valence-corrected chi connectivity index (χ2v) is 5.94. The first-order valence-electron chi connectivity index (χ1n) is 7.94. The van der Waals surface area contributed by atoms with E-state index in [1.165, 1.54) is 4.90 Å². The Kier molecular flexibility index (Phi) is 3.39. The normalized spacial score (nSPS) is 14.7. The molecule has 1 aromatic heterocycles. The van der Waals surface area contributed by atoms with Gasteiger partial charge in [-0.2, -0.15) is 0 Å². The summed E-state index contributed by atoms with van der Waals surface area (Å²) in [4.78, 5) is 34.0.